The first kappa shape index (κ1) is 13.4. The Morgan fingerprint density at radius 3 is 2.81 bits per heavy atom. The van der Waals surface area contributed by atoms with Crippen molar-refractivity contribution in [3.8, 4) is 0 Å². The van der Waals surface area contributed by atoms with Crippen LogP contribution in [0.3, 0.4) is 0 Å². The Labute approximate surface area is 96.3 Å². The Morgan fingerprint density at radius 1 is 1.62 bits per heavy atom. The summed E-state index contributed by atoms with van der Waals surface area (Å²) >= 11 is 0. The molecule has 0 aromatic heterocycles. The van der Waals surface area contributed by atoms with E-state index in [2.05, 4.69) is 5.32 Å². The molecule has 0 saturated carbocycles. The van der Waals surface area contributed by atoms with Gasteiger partial charge in [-0.05, 0) is 20.3 Å². The van der Waals surface area contributed by atoms with Crippen molar-refractivity contribution >= 4 is 5.91 Å². The largest absolute Gasteiger partial charge is 0.386 e. The first-order valence-corrected chi connectivity index (χ1v) is 5.67. The summed E-state index contributed by atoms with van der Waals surface area (Å²) in [7, 11) is 0. The normalized spacial score (nSPS) is 25.8. The van der Waals surface area contributed by atoms with Crippen LogP contribution in [0.5, 0.6) is 0 Å². The van der Waals surface area contributed by atoms with Gasteiger partial charge in [0.15, 0.2) is 0 Å². The summed E-state index contributed by atoms with van der Waals surface area (Å²) in [6, 6.07) is 0. The highest BCUT2D eigenvalue weighted by Gasteiger charge is 2.32. The second kappa shape index (κ2) is 5.12. The third kappa shape index (κ3) is 4.92. The lowest BCUT2D eigenvalue weighted by Crippen LogP contribution is -2.44. The summed E-state index contributed by atoms with van der Waals surface area (Å²) in [5, 5.41) is 12.6. The van der Waals surface area contributed by atoms with Gasteiger partial charge in [0.25, 0.3) is 0 Å². The minimum Gasteiger partial charge on any atom is -0.386 e. The molecule has 0 aromatic rings. The van der Waals surface area contributed by atoms with Crippen LogP contribution in [0.25, 0.3) is 0 Å². The number of hydrogen-bond donors (Lipinski definition) is 3. The number of ether oxygens (including phenoxy) is 1. The zero-order valence-electron chi connectivity index (χ0n) is 10.1. The number of carbonyl (C=O) groups is 1. The van der Waals surface area contributed by atoms with Crippen molar-refractivity contribution < 1.29 is 14.6 Å². The predicted octanol–water partition coefficient (Wildman–Crippen LogP) is -0.228. The van der Waals surface area contributed by atoms with Crippen molar-refractivity contribution in [1.29, 1.82) is 0 Å². The third-order valence-electron chi connectivity index (χ3n) is 2.69. The molecule has 1 rings (SSSR count). The second-order valence-electron chi connectivity index (χ2n) is 5.29. The molecule has 4 N–H and O–H groups in total. The molecular weight excluding hydrogens is 208 g/mol. The lowest BCUT2D eigenvalue weighted by molar-refractivity contribution is -0.122. The monoisotopic (exact) mass is 230 g/mol. The first-order chi connectivity index (χ1) is 7.31. The molecule has 0 bridgehead atoms. The fourth-order valence-electron chi connectivity index (χ4n) is 1.52. The Kier molecular flexibility index (Phi) is 4.29. The molecule has 16 heavy (non-hydrogen) atoms. The summed E-state index contributed by atoms with van der Waals surface area (Å²) < 4.78 is 5.09. The van der Waals surface area contributed by atoms with Crippen molar-refractivity contribution in [2.75, 3.05) is 19.8 Å². The van der Waals surface area contributed by atoms with E-state index in [9.17, 15) is 9.90 Å². The summed E-state index contributed by atoms with van der Waals surface area (Å²) in [5.74, 6) is -0.0705. The van der Waals surface area contributed by atoms with E-state index in [1.165, 1.54) is 0 Å². The Balaban J connectivity index is 2.20. The highest BCUT2D eigenvalue weighted by atomic mass is 16.5. The van der Waals surface area contributed by atoms with Gasteiger partial charge in [0, 0.05) is 31.5 Å². The maximum Gasteiger partial charge on any atom is 0.220 e. The smallest absolute Gasteiger partial charge is 0.220 e. The van der Waals surface area contributed by atoms with Crippen LogP contribution in [0.2, 0.25) is 0 Å². The van der Waals surface area contributed by atoms with Crippen LogP contribution in [-0.4, -0.2) is 41.9 Å². The molecule has 1 fully saturated rings. The SMILES string of the molecule is CC(C)(N)CCC(=O)NCC1(O)CCOC1. The maximum atomic E-state index is 11.5. The van der Waals surface area contributed by atoms with Crippen LogP contribution in [0.1, 0.15) is 33.1 Å². The van der Waals surface area contributed by atoms with Gasteiger partial charge in [-0.15, -0.1) is 0 Å². The van der Waals surface area contributed by atoms with E-state index in [4.69, 9.17) is 10.5 Å². The number of rotatable bonds is 5. The van der Waals surface area contributed by atoms with Crippen molar-refractivity contribution in [1.82, 2.24) is 5.32 Å². The molecule has 1 amide bonds. The van der Waals surface area contributed by atoms with Crippen molar-refractivity contribution in [3.05, 3.63) is 0 Å². The summed E-state index contributed by atoms with van der Waals surface area (Å²) in [4.78, 5) is 11.5. The molecule has 1 aliphatic heterocycles. The molecule has 1 heterocycles. The third-order valence-corrected chi connectivity index (χ3v) is 2.69. The van der Waals surface area contributed by atoms with Crippen LogP contribution >= 0.6 is 0 Å². The lowest BCUT2D eigenvalue weighted by atomic mass is 9.99. The van der Waals surface area contributed by atoms with Gasteiger partial charge in [0.2, 0.25) is 5.91 Å². The van der Waals surface area contributed by atoms with Crippen LogP contribution in [-0.2, 0) is 9.53 Å². The molecule has 1 saturated heterocycles. The molecule has 0 spiro atoms. The average Bonchev–Trinajstić information content (AvgIpc) is 2.59. The van der Waals surface area contributed by atoms with E-state index in [1.807, 2.05) is 13.8 Å². The van der Waals surface area contributed by atoms with Crippen LogP contribution in [0.4, 0.5) is 0 Å². The van der Waals surface area contributed by atoms with Gasteiger partial charge in [-0.3, -0.25) is 4.79 Å². The number of nitrogens with one attached hydrogen (secondary N) is 1. The Hall–Kier alpha value is -0.650. The molecule has 5 nitrogen and oxygen atoms in total. The first-order valence-electron chi connectivity index (χ1n) is 5.67. The number of carbonyl (C=O) groups excluding carboxylic acids is 1. The number of aliphatic hydroxyl groups is 1. The van der Waals surface area contributed by atoms with Gasteiger partial charge in [0.1, 0.15) is 5.60 Å². The molecule has 1 unspecified atom stereocenters. The van der Waals surface area contributed by atoms with Crippen LogP contribution < -0.4 is 11.1 Å². The molecular formula is C11H22N2O3. The fourth-order valence-corrected chi connectivity index (χ4v) is 1.52. The van der Waals surface area contributed by atoms with Gasteiger partial charge in [-0.25, -0.2) is 0 Å². The quantitative estimate of drug-likeness (QED) is 0.609. The van der Waals surface area contributed by atoms with Gasteiger partial charge < -0.3 is 20.9 Å². The second-order valence-corrected chi connectivity index (χ2v) is 5.29. The lowest BCUT2D eigenvalue weighted by Gasteiger charge is -2.22. The van der Waals surface area contributed by atoms with E-state index in [-0.39, 0.29) is 18.0 Å². The predicted molar refractivity (Wildman–Crippen MR) is 60.9 cm³/mol. The summed E-state index contributed by atoms with van der Waals surface area (Å²) in [6.07, 6.45) is 1.60. The van der Waals surface area contributed by atoms with E-state index >= 15 is 0 Å². The zero-order chi connectivity index (χ0) is 12.2. The standard InChI is InChI=1S/C11H22N2O3/c1-10(2,12)4-3-9(14)13-7-11(15)5-6-16-8-11/h15H,3-8,12H2,1-2H3,(H,13,14). The van der Waals surface area contributed by atoms with Gasteiger partial charge in [-0.2, -0.15) is 0 Å². The van der Waals surface area contributed by atoms with Crippen molar-refractivity contribution in [2.45, 2.75) is 44.2 Å². The number of nitrogens with two attached hydrogens (primary N) is 1. The Morgan fingerprint density at radius 2 is 2.31 bits per heavy atom. The maximum absolute atomic E-state index is 11.5. The van der Waals surface area contributed by atoms with E-state index in [0.717, 1.165) is 0 Å². The Bertz CT molecular complexity index is 242. The van der Waals surface area contributed by atoms with Crippen LogP contribution in [0.15, 0.2) is 0 Å². The molecule has 1 aliphatic rings. The van der Waals surface area contributed by atoms with Crippen LogP contribution in [0, 0.1) is 0 Å². The summed E-state index contributed by atoms with van der Waals surface area (Å²) in [5.41, 5.74) is 4.57. The molecule has 94 valence electrons. The average molecular weight is 230 g/mol. The number of amides is 1. The molecule has 1 atom stereocenters. The van der Waals surface area contributed by atoms with Gasteiger partial charge >= 0.3 is 0 Å². The minimum absolute atomic E-state index is 0.0705. The van der Waals surface area contributed by atoms with Gasteiger partial charge in [-0.1, -0.05) is 0 Å². The van der Waals surface area contributed by atoms with Crippen molar-refractivity contribution in [3.63, 3.8) is 0 Å². The number of hydrogen-bond acceptors (Lipinski definition) is 4. The molecule has 5 heteroatoms. The highest BCUT2D eigenvalue weighted by molar-refractivity contribution is 5.76. The van der Waals surface area contributed by atoms with E-state index in [1.54, 1.807) is 0 Å². The minimum atomic E-state index is -0.881. The topological polar surface area (TPSA) is 84.6 Å². The molecule has 0 aliphatic carbocycles. The van der Waals surface area contributed by atoms with Crippen molar-refractivity contribution in [2.24, 2.45) is 5.73 Å². The van der Waals surface area contributed by atoms with E-state index in [0.29, 0.717) is 32.5 Å². The van der Waals surface area contributed by atoms with Gasteiger partial charge in [0.05, 0.1) is 6.61 Å². The highest BCUT2D eigenvalue weighted by Crippen LogP contribution is 2.17. The molecule has 0 aromatic carbocycles. The molecule has 0 radical (unpaired) electrons. The zero-order valence-corrected chi connectivity index (χ0v) is 10.1. The summed E-state index contributed by atoms with van der Waals surface area (Å²) in [6.45, 7) is 4.89. The fraction of sp³-hybridized carbons (Fsp3) is 0.909. The van der Waals surface area contributed by atoms with E-state index < -0.39 is 5.60 Å².